The van der Waals surface area contributed by atoms with Crippen molar-refractivity contribution < 1.29 is 14.7 Å². The fraction of sp³-hybridized carbons (Fsp3) is 0.286. The van der Waals surface area contributed by atoms with Crippen molar-refractivity contribution in [2.45, 2.75) is 13.3 Å². The molecule has 0 atom stereocenters. The Balaban J connectivity index is 2.19. The van der Waals surface area contributed by atoms with Gasteiger partial charge in [-0.15, -0.1) is 5.10 Å². The first-order valence-electron chi connectivity index (χ1n) is 6.60. The van der Waals surface area contributed by atoms with Gasteiger partial charge >= 0.3 is 5.97 Å². The average molecular weight is 288 g/mol. The lowest BCUT2D eigenvalue weighted by atomic mass is 10.3. The van der Waals surface area contributed by atoms with E-state index >= 15 is 0 Å². The minimum absolute atomic E-state index is 0.133. The van der Waals surface area contributed by atoms with Crippen LogP contribution in [0, 0.1) is 0 Å². The molecule has 0 bridgehead atoms. The molecule has 1 amide bonds. The standard InChI is InChI=1S/C14H16N4O3/c1-2-8-17(10-13(19)20)14(21)12-9-15-18(16-12)11-6-4-3-5-7-11/h3-7,9H,2,8,10H2,1H3,(H,19,20). The Kier molecular flexibility index (Phi) is 4.65. The Hall–Kier alpha value is -2.70. The molecule has 1 aromatic heterocycles. The third-order valence-corrected chi connectivity index (χ3v) is 2.80. The largest absolute Gasteiger partial charge is 0.480 e. The van der Waals surface area contributed by atoms with Gasteiger partial charge in [-0.05, 0) is 18.6 Å². The van der Waals surface area contributed by atoms with Crippen LogP contribution in [-0.4, -0.2) is 50.0 Å². The molecule has 0 spiro atoms. The molecule has 2 aromatic rings. The van der Waals surface area contributed by atoms with E-state index in [9.17, 15) is 9.59 Å². The summed E-state index contributed by atoms with van der Waals surface area (Å²) < 4.78 is 0. The van der Waals surface area contributed by atoms with Crippen LogP contribution < -0.4 is 0 Å². The summed E-state index contributed by atoms with van der Waals surface area (Å²) in [5.74, 6) is -1.48. The number of nitrogens with zero attached hydrogens (tertiary/aromatic N) is 4. The van der Waals surface area contributed by atoms with Crippen molar-refractivity contribution in [2.24, 2.45) is 0 Å². The van der Waals surface area contributed by atoms with E-state index in [0.29, 0.717) is 13.0 Å². The number of aromatic nitrogens is 3. The predicted molar refractivity (Wildman–Crippen MR) is 75.2 cm³/mol. The zero-order chi connectivity index (χ0) is 15.2. The number of rotatable bonds is 6. The minimum atomic E-state index is -1.05. The van der Waals surface area contributed by atoms with Gasteiger partial charge in [0.15, 0.2) is 5.69 Å². The van der Waals surface area contributed by atoms with Gasteiger partial charge in [0.1, 0.15) is 6.54 Å². The number of hydrogen-bond acceptors (Lipinski definition) is 4. The molecule has 110 valence electrons. The molecule has 0 saturated heterocycles. The van der Waals surface area contributed by atoms with Gasteiger partial charge in [-0.25, -0.2) is 0 Å². The van der Waals surface area contributed by atoms with Gasteiger partial charge in [0.2, 0.25) is 0 Å². The van der Waals surface area contributed by atoms with Crippen LogP contribution in [0.4, 0.5) is 0 Å². The van der Waals surface area contributed by atoms with E-state index in [-0.39, 0.29) is 12.2 Å². The van der Waals surface area contributed by atoms with Crippen molar-refractivity contribution in [3.63, 3.8) is 0 Å². The summed E-state index contributed by atoms with van der Waals surface area (Å²) in [6.45, 7) is 1.90. The van der Waals surface area contributed by atoms with E-state index in [4.69, 9.17) is 5.11 Å². The molecule has 0 aliphatic rings. The molecule has 0 aliphatic heterocycles. The second kappa shape index (κ2) is 6.65. The van der Waals surface area contributed by atoms with Gasteiger partial charge in [-0.1, -0.05) is 25.1 Å². The first-order chi connectivity index (χ1) is 10.1. The number of carboxylic acids is 1. The highest BCUT2D eigenvalue weighted by Crippen LogP contribution is 2.07. The van der Waals surface area contributed by atoms with Crippen LogP contribution in [0.3, 0.4) is 0 Å². The molecule has 21 heavy (non-hydrogen) atoms. The molecule has 0 saturated carbocycles. The van der Waals surface area contributed by atoms with E-state index in [1.54, 1.807) is 0 Å². The lowest BCUT2D eigenvalue weighted by Crippen LogP contribution is -2.36. The van der Waals surface area contributed by atoms with E-state index in [2.05, 4.69) is 10.2 Å². The zero-order valence-corrected chi connectivity index (χ0v) is 11.6. The third-order valence-electron chi connectivity index (χ3n) is 2.80. The Labute approximate surface area is 121 Å². The number of carboxylic acid groups (broad SMARTS) is 1. The fourth-order valence-electron chi connectivity index (χ4n) is 1.89. The summed E-state index contributed by atoms with van der Waals surface area (Å²) in [7, 11) is 0. The van der Waals surface area contributed by atoms with Crippen molar-refractivity contribution in [3.05, 3.63) is 42.2 Å². The van der Waals surface area contributed by atoms with Crippen LogP contribution in [0.15, 0.2) is 36.5 Å². The molecule has 2 rings (SSSR count). The number of benzene rings is 1. The van der Waals surface area contributed by atoms with Crippen molar-refractivity contribution in [1.29, 1.82) is 0 Å². The average Bonchev–Trinajstić information content (AvgIpc) is 2.96. The highest BCUT2D eigenvalue weighted by atomic mass is 16.4. The van der Waals surface area contributed by atoms with Crippen molar-refractivity contribution in [1.82, 2.24) is 19.9 Å². The molecule has 1 aromatic carbocycles. The molecule has 0 radical (unpaired) electrons. The van der Waals surface area contributed by atoms with Crippen molar-refractivity contribution in [2.75, 3.05) is 13.1 Å². The van der Waals surface area contributed by atoms with E-state index in [1.807, 2.05) is 37.3 Å². The quantitative estimate of drug-likeness (QED) is 0.863. The number of hydrogen-bond donors (Lipinski definition) is 1. The van der Waals surface area contributed by atoms with Crippen LogP contribution in [0.1, 0.15) is 23.8 Å². The molecule has 0 fully saturated rings. The Morgan fingerprint density at radius 2 is 2.00 bits per heavy atom. The van der Waals surface area contributed by atoms with E-state index in [0.717, 1.165) is 5.69 Å². The molecular weight excluding hydrogens is 272 g/mol. The molecule has 1 heterocycles. The van der Waals surface area contributed by atoms with Crippen LogP contribution >= 0.6 is 0 Å². The molecule has 1 N–H and O–H groups in total. The molecule has 0 unspecified atom stereocenters. The number of para-hydroxylation sites is 1. The maximum atomic E-state index is 12.3. The number of amides is 1. The first-order valence-corrected chi connectivity index (χ1v) is 6.60. The second-order valence-electron chi connectivity index (χ2n) is 4.48. The summed E-state index contributed by atoms with van der Waals surface area (Å²) in [5.41, 5.74) is 0.866. The summed E-state index contributed by atoms with van der Waals surface area (Å²) in [5, 5.41) is 17.0. The van der Waals surface area contributed by atoms with Gasteiger partial charge in [0, 0.05) is 6.54 Å². The van der Waals surface area contributed by atoms with E-state index < -0.39 is 11.9 Å². The third kappa shape index (κ3) is 3.65. The Bertz CT molecular complexity index is 624. The second-order valence-corrected chi connectivity index (χ2v) is 4.48. The number of carbonyl (C=O) groups is 2. The maximum Gasteiger partial charge on any atom is 0.323 e. The van der Waals surface area contributed by atoms with Gasteiger partial charge in [-0.2, -0.15) is 9.90 Å². The first kappa shape index (κ1) is 14.7. The molecule has 0 aliphatic carbocycles. The zero-order valence-electron chi connectivity index (χ0n) is 11.6. The number of aliphatic carboxylic acids is 1. The van der Waals surface area contributed by atoms with Crippen molar-refractivity contribution >= 4 is 11.9 Å². The topological polar surface area (TPSA) is 88.3 Å². The molecule has 7 heteroatoms. The lowest BCUT2D eigenvalue weighted by Gasteiger charge is -2.18. The minimum Gasteiger partial charge on any atom is -0.480 e. The number of carbonyl (C=O) groups excluding carboxylic acids is 1. The maximum absolute atomic E-state index is 12.3. The smallest absolute Gasteiger partial charge is 0.323 e. The summed E-state index contributed by atoms with van der Waals surface area (Å²) in [4.78, 5) is 25.7. The highest BCUT2D eigenvalue weighted by molar-refractivity contribution is 5.93. The van der Waals surface area contributed by atoms with E-state index in [1.165, 1.54) is 15.9 Å². The van der Waals surface area contributed by atoms with Crippen LogP contribution in [0.25, 0.3) is 5.69 Å². The van der Waals surface area contributed by atoms with Gasteiger partial charge in [-0.3, -0.25) is 9.59 Å². The monoisotopic (exact) mass is 288 g/mol. The Morgan fingerprint density at radius 3 is 2.62 bits per heavy atom. The van der Waals surface area contributed by atoms with Gasteiger partial charge < -0.3 is 10.0 Å². The fourth-order valence-corrected chi connectivity index (χ4v) is 1.89. The summed E-state index contributed by atoms with van der Waals surface area (Å²) in [6, 6.07) is 9.18. The van der Waals surface area contributed by atoms with Crippen LogP contribution in [0.5, 0.6) is 0 Å². The SMILES string of the molecule is CCCN(CC(=O)O)C(=O)c1cnn(-c2ccccc2)n1. The normalized spacial score (nSPS) is 10.3. The Morgan fingerprint density at radius 1 is 1.29 bits per heavy atom. The van der Waals surface area contributed by atoms with Crippen LogP contribution in [-0.2, 0) is 4.79 Å². The van der Waals surface area contributed by atoms with Gasteiger partial charge in [0.05, 0.1) is 11.9 Å². The predicted octanol–water partition coefficient (Wildman–Crippen LogP) is 1.20. The van der Waals surface area contributed by atoms with Crippen LogP contribution in [0.2, 0.25) is 0 Å². The molecular formula is C14H16N4O3. The highest BCUT2D eigenvalue weighted by Gasteiger charge is 2.20. The lowest BCUT2D eigenvalue weighted by molar-refractivity contribution is -0.137. The van der Waals surface area contributed by atoms with Gasteiger partial charge in [0.25, 0.3) is 5.91 Å². The summed E-state index contributed by atoms with van der Waals surface area (Å²) >= 11 is 0. The molecule has 7 nitrogen and oxygen atoms in total. The summed E-state index contributed by atoms with van der Waals surface area (Å²) in [6.07, 6.45) is 2.02. The van der Waals surface area contributed by atoms with Crippen molar-refractivity contribution in [3.8, 4) is 5.69 Å².